The van der Waals surface area contributed by atoms with Gasteiger partial charge < -0.3 is 9.64 Å². The Balaban J connectivity index is 1.16. The number of hydrogen-bond donors (Lipinski definition) is 1. The summed E-state index contributed by atoms with van der Waals surface area (Å²) in [6, 6.07) is 10.5. The first-order valence-electron chi connectivity index (χ1n) is 10.4. The minimum absolute atomic E-state index is 0.0845. The summed E-state index contributed by atoms with van der Waals surface area (Å²) in [7, 11) is 0. The Kier molecular flexibility index (Phi) is 7.02. The summed E-state index contributed by atoms with van der Waals surface area (Å²) < 4.78 is 31.7. The lowest BCUT2D eigenvalue weighted by atomic mass is 10.1. The Morgan fingerprint density at radius 1 is 1.13 bits per heavy atom. The van der Waals surface area contributed by atoms with Gasteiger partial charge in [-0.15, -0.1) is 0 Å². The Hall–Kier alpha value is -1.96. The van der Waals surface area contributed by atoms with Crippen LogP contribution in [0.15, 0.2) is 41.4 Å². The number of hydrogen-bond acceptors (Lipinski definition) is 5. The molecule has 0 spiro atoms. The van der Waals surface area contributed by atoms with Gasteiger partial charge in [-0.2, -0.15) is 0 Å². The summed E-state index contributed by atoms with van der Waals surface area (Å²) in [6.07, 6.45) is 3.05. The standard InChI is InChI=1S/C23H27F2N3OS/c1-16-3-6-22-17(13-16)15-30-23(27-22)26-18-7-10-28(11-8-18)9-2-12-29-19-4-5-20(24)21(25)14-19/h3-6,13-15,18,23,26H,2,7-12H2,1H3. The second-order valence-corrected chi connectivity index (χ2v) is 8.81. The van der Waals surface area contributed by atoms with Crippen LogP contribution in [0.2, 0.25) is 0 Å². The van der Waals surface area contributed by atoms with Crippen molar-refractivity contribution in [3.05, 3.63) is 64.2 Å². The number of thioether (sulfide) groups is 1. The maximum absolute atomic E-state index is 13.2. The van der Waals surface area contributed by atoms with E-state index in [9.17, 15) is 8.78 Å². The van der Waals surface area contributed by atoms with Gasteiger partial charge in [0.1, 0.15) is 5.75 Å². The molecule has 1 N–H and O–H groups in total. The Morgan fingerprint density at radius 3 is 2.77 bits per heavy atom. The van der Waals surface area contributed by atoms with Crippen LogP contribution in [0, 0.1) is 18.6 Å². The molecular weight excluding hydrogens is 404 g/mol. The van der Waals surface area contributed by atoms with Crippen molar-refractivity contribution in [2.45, 2.75) is 37.7 Å². The molecule has 1 unspecified atom stereocenters. The number of fused-ring (bicyclic) bond motifs is 1. The van der Waals surface area contributed by atoms with Crippen LogP contribution in [0.25, 0.3) is 5.41 Å². The van der Waals surface area contributed by atoms with Crippen molar-refractivity contribution >= 4 is 17.2 Å². The molecule has 2 heterocycles. The van der Waals surface area contributed by atoms with Crippen molar-refractivity contribution < 1.29 is 13.5 Å². The fraction of sp³-hybridized carbons (Fsp3) is 0.435. The van der Waals surface area contributed by atoms with Gasteiger partial charge in [0, 0.05) is 23.9 Å². The maximum atomic E-state index is 13.2. The highest BCUT2D eigenvalue weighted by molar-refractivity contribution is 8.07. The van der Waals surface area contributed by atoms with Gasteiger partial charge >= 0.3 is 0 Å². The molecule has 2 aliphatic rings. The van der Waals surface area contributed by atoms with Gasteiger partial charge in [0.2, 0.25) is 0 Å². The summed E-state index contributed by atoms with van der Waals surface area (Å²) in [5, 5.41) is 8.16. The van der Waals surface area contributed by atoms with E-state index in [1.165, 1.54) is 16.8 Å². The van der Waals surface area contributed by atoms with Crippen LogP contribution in [-0.4, -0.2) is 42.7 Å². The molecule has 1 saturated heterocycles. The topological polar surface area (TPSA) is 36.9 Å². The molecule has 0 radical (unpaired) electrons. The highest BCUT2D eigenvalue weighted by Crippen LogP contribution is 2.18. The number of rotatable bonds is 7. The average Bonchev–Trinajstić information content (AvgIpc) is 2.75. The Bertz CT molecular complexity index is 992. The molecule has 2 aromatic rings. The molecule has 1 fully saturated rings. The van der Waals surface area contributed by atoms with Crippen molar-refractivity contribution in [2.75, 3.05) is 26.2 Å². The zero-order valence-electron chi connectivity index (χ0n) is 17.1. The van der Waals surface area contributed by atoms with Crippen LogP contribution in [0.5, 0.6) is 5.75 Å². The van der Waals surface area contributed by atoms with Gasteiger partial charge in [-0.05, 0) is 68.9 Å². The van der Waals surface area contributed by atoms with E-state index < -0.39 is 11.6 Å². The molecule has 0 aliphatic carbocycles. The number of aryl methyl sites for hydroxylation is 1. The minimum atomic E-state index is -0.874. The molecule has 4 nitrogen and oxygen atoms in total. The molecule has 1 atom stereocenters. The van der Waals surface area contributed by atoms with E-state index in [0.717, 1.165) is 56.4 Å². The van der Waals surface area contributed by atoms with Gasteiger partial charge in [0.25, 0.3) is 0 Å². The largest absolute Gasteiger partial charge is 0.493 e. The summed E-state index contributed by atoms with van der Waals surface area (Å²) in [5.41, 5.74) is 1.34. The number of nitrogens with zero attached hydrogens (tertiary/aromatic N) is 2. The molecule has 160 valence electrons. The van der Waals surface area contributed by atoms with E-state index in [1.807, 2.05) is 0 Å². The third-order valence-electron chi connectivity index (χ3n) is 5.51. The van der Waals surface area contributed by atoms with Gasteiger partial charge in [0.15, 0.2) is 17.1 Å². The second kappa shape index (κ2) is 9.90. The predicted octanol–water partition coefficient (Wildman–Crippen LogP) is 3.18. The van der Waals surface area contributed by atoms with Gasteiger partial charge in [0.05, 0.1) is 12.0 Å². The lowest BCUT2D eigenvalue weighted by Gasteiger charge is -2.33. The first-order chi connectivity index (χ1) is 14.6. The van der Waals surface area contributed by atoms with Crippen molar-refractivity contribution in [1.82, 2.24) is 10.2 Å². The van der Waals surface area contributed by atoms with Crippen LogP contribution in [-0.2, 0) is 0 Å². The Labute approximate surface area is 180 Å². The highest BCUT2D eigenvalue weighted by Gasteiger charge is 2.21. The van der Waals surface area contributed by atoms with Crippen LogP contribution >= 0.6 is 11.8 Å². The monoisotopic (exact) mass is 431 g/mol. The number of halogens is 2. The van der Waals surface area contributed by atoms with Crippen molar-refractivity contribution in [2.24, 2.45) is 4.99 Å². The number of nitrogens with one attached hydrogen (secondary N) is 1. The molecule has 0 saturated carbocycles. The number of piperidine rings is 1. The van der Waals surface area contributed by atoms with Crippen LogP contribution < -0.4 is 20.6 Å². The molecule has 0 amide bonds. The van der Waals surface area contributed by atoms with Gasteiger partial charge in [-0.3, -0.25) is 10.3 Å². The highest BCUT2D eigenvalue weighted by atomic mass is 32.2. The number of benzene rings is 2. The predicted molar refractivity (Wildman–Crippen MR) is 117 cm³/mol. The molecule has 2 aromatic carbocycles. The van der Waals surface area contributed by atoms with E-state index in [0.29, 0.717) is 18.4 Å². The minimum Gasteiger partial charge on any atom is -0.493 e. The molecule has 2 aliphatic heterocycles. The van der Waals surface area contributed by atoms with E-state index in [4.69, 9.17) is 9.73 Å². The molecule has 30 heavy (non-hydrogen) atoms. The zero-order valence-corrected chi connectivity index (χ0v) is 17.9. The first kappa shape index (κ1) is 21.3. The maximum Gasteiger partial charge on any atom is 0.162 e. The molecule has 4 rings (SSSR count). The quantitative estimate of drug-likeness (QED) is 0.684. The number of ether oxygens (including phenoxy) is 1. The SMILES string of the molecule is Cc1ccc2c(c1)=CSC(NC1CCN(CCCOc3ccc(F)c(F)c3)CC1)N=2. The van der Waals surface area contributed by atoms with Crippen molar-refractivity contribution in [3.63, 3.8) is 0 Å². The lowest BCUT2D eigenvalue weighted by Crippen LogP contribution is -2.46. The van der Waals surface area contributed by atoms with Gasteiger partial charge in [-0.25, -0.2) is 8.78 Å². The van der Waals surface area contributed by atoms with Crippen molar-refractivity contribution in [1.29, 1.82) is 0 Å². The lowest BCUT2D eigenvalue weighted by molar-refractivity contribution is 0.181. The third kappa shape index (κ3) is 5.59. The second-order valence-electron chi connectivity index (χ2n) is 7.86. The molecule has 0 aromatic heterocycles. The van der Waals surface area contributed by atoms with Crippen LogP contribution in [0.4, 0.5) is 8.78 Å². The summed E-state index contributed by atoms with van der Waals surface area (Å²) in [6.45, 7) is 5.63. The fourth-order valence-corrected chi connectivity index (χ4v) is 4.74. The van der Waals surface area contributed by atoms with E-state index in [-0.39, 0.29) is 5.50 Å². The van der Waals surface area contributed by atoms with Crippen molar-refractivity contribution in [3.8, 4) is 5.75 Å². The molecule has 7 heteroatoms. The van der Waals surface area contributed by atoms with Crippen LogP contribution in [0.1, 0.15) is 24.8 Å². The smallest absolute Gasteiger partial charge is 0.162 e. The molecule has 0 bridgehead atoms. The summed E-state index contributed by atoms with van der Waals surface area (Å²) >= 11 is 1.74. The normalized spacial score (nSPS) is 19.6. The summed E-state index contributed by atoms with van der Waals surface area (Å²) in [4.78, 5) is 7.27. The van der Waals surface area contributed by atoms with E-state index in [1.54, 1.807) is 11.8 Å². The summed E-state index contributed by atoms with van der Waals surface area (Å²) in [5.74, 6) is -1.35. The third-order valence-corrected chi connectivity index (χ3v) is 6.40. The Morgan fingerprint density at radius 2 is 1.97 bits per heavy atom. The van der Waals surface area contributed by atoms with Gasteiger partial charge in [-0.1, -0.05) is 23.4 Å². The van der Waals surface area contributed by atoms with E-state index >= 15 is 0 Å². The van der Waals surface area contributed by atoms with Crippen LogP contribution in [0.3, 0.4) is 0 Å². The number of likely N-dealkylation sites (tertiary alicyclic amines) is 1. The fourth-order valence-electron chi connectivity index (χ4n) is 3.83. The van der Waals surface area contributed by atoms with E-state index in [2.05, 4.69) is 40.7 Å². The average molecular weight is 432 g/mol. The molecular formula is C23H27F2N3OS. The zero-order chi connectivity index (χ0) is 20.9. The first-order valence-corrected chi connectivity index (χ1v) is 11.4.